The lowest BCUT2D eigenvalue weighted by Gasteiger charge is -2.30. The summed E-state index contributed by atoms with van der Waals surface area (Å²) in [6.45, 7) is -0.804. The third-order valence-electron chi connectivity index (χ3n) is 6.21. The molecule has 1 aromatic heterocycles. The van der Waals surface area contributed by atoms with Gasteiger partial charge in [-0.25, -0.2) is 4.39 Å². The molecule has 0 spiro atoms. The Hall–Kier alpha value is -3.45. The van der Waals surface area contributed by atoms with E-state index < -0.39 is 59.9 Å². The number of nitrogens with zero attached hydrogens (tertiary/aromatic N) is 4. The number of aliphatic hydroxyl groups is 2. The SMILES string of the molecule is Cn1cnnc1C(F)(F)[C@](C)(F)c1cccc(N2Cc3c(cc(C(O)CO)cc3C(F)(F)F)C2=O)c1. The predicted molar refractivity (Wildman–Crippen MR) is 114 cm³/mol. The number of carbonyl (C=O) groups is 1. The standard InChI is InChI=1S/C23H20F6N4O3/c1-21(24,22(25,26)20-31-30-11-32(20)2)13-4-3-5-14(8-13)33-9-16-15(19(33)36)6-12(18(35)10-34)7-17(16)23(27,28)29/h3-8,11,18,34-35H,9-10H2,1-2H3/t18?,21-/m1/s1. The van der Waals surface area contributed by atoms with Crippen LogP contribution in [0.1, 0.15) is 51.5 Å². The third kappa shape index (κ3) is 4.01. The first-order valence-corrected chi connectivity index (χ1v) is 10.6. The second-order valence-corrected chi connectivity index (χ2v) is 8.58. The highest BCUT2D eigenvalue weighted by Crippen LogP contribution is 2.48. The minimum absolute atomic E-state index is 0.108. The zero-order valence-electron chi connectivity index (χ0n) is 18.9. The van der Waals surface area contributed by atoms with E-state index in [0.717, 1.165) is 34.0 Å². The van der Waals surface area contributed by atoms with E-state index in [0.29, 0.717) is 13.0 Å². The summed E-state index contributed by atoms with van der Waals surface area (Å²) in [5, 5.41) is 25.6. The molecular weight excluding hydrogens is 494 g/mol. The van der Waals surface area contributed by atoms with Crippen LogP contribution in [-0.2, 0) is 31.4 Å². The maximum atomic E-state index is 15.6. The highest BCUT2D eigenvalue weighted by molar-refractivity contribution is 6.10. The quantitative estimate of drug-likeness (QED) is 0.486. The first-order chi connectivity index (χ1) is 16.7. The molecule has 13 heteroatoms. The van der Waals surface area contributed by atoms with E-state index in [2.05, 4.69) is 10.2 Å². The molecule has 2 N–H and O–H groups in total. The van der Waals surface area contributed by atoms with Gasteiger partial charge < -0.3 is 19.7 Å². The molecule has 2 atom stereocenters. The van der Waals surface area contributed by atoms with Gasteiger partial charge in [-0.3, -0.25) is 4.79 Å². The second-order valence-electron chi connectivity index (χ2n) is 8.58. The summed E-state index contributed by atoms with van der Waals surface area (Å²) in [6.07, 6.45) is -5.56. The van der Waals surface area contributed by atoms with Crippen LogP contribution in [0.2, 0.25) is 0 Å². The summed E-state index contributed by atoms with van der Waals surface area (Å²) >= 11 is 0. The maximum absolute atomic E-state index is 15.6. The van der Waals surface area contributed by atoms with E-state index in [-0.39, 0.29) is 22.4 Å². The van der Waals surface area contributed by atoms with Crippen molar-refractivity contribution in [3.05, 3.63) is 76.4 Å². The molecule has 1 amide bonds. The number of amides is 1. The topological polar surface area (TPSA) is 91.5 Å². The van der Waals surface area contributed by atoms with Crippen molar-refractivity contribution in [2.45, 2.75) is 37.3 Å². The van der Waals surface area contributed by atoms with Crippen LogP contribution in [0.25, 0.3) is 0 Å². The summed E-state index contributed by atoms with van der Waals surface area (Å²) in [7, 11) is 1.22. The van der Waals surface area contributed by atoms with Crippen molar-refractivity contribution in [3.63, 3.8) is 0 Å². The highest BCUT2D eigenvalue weighted by Gasteiger charge is 2.57. The largest absolute Gasteiger partial charge is 0.416 e. The molecule has 1 aliphatic rings. The number of halogens is 6. The van der Waals surface area contributed by atoms with Crippen LogP contribution in [0.5, 0.6) is 0 Å². The Morgan fingerprint density at radius 2 is 1.81 bits per heavy atom. The molecule has 3 aromatic rings. The average Bonchev–Trinajstić information content (AvgIpc) is 3.40. The summed E-state index contributed by atoms with van der Waals surface area (Å²) in [5.74, 6) is -5.99. The first-order valence-electron chi connectivity index (χ1n) is 10.6. The van der Waals surface area contributed by atoms with Gasteiger partial charge in [0.15, 0.2) is 0 Å². The van der Waals surface area contributed by atoms with E-state index >= 15 is 13.2 Å². The number of carbonyl (C=O) groups excluding carboxylic acids is 1. The van der Waals surface area contributed by atoms with Gasteiger partial charge in [0, 0.05) is 18.3 Å². The number of aromatic nitrogens is 3. The fraction of sp³-hybridized carbons (Fsp3) is 0.348. The number of aliphatic hydroxyl groups excluding tert-OH is 2. The molecular formula is C23H20F6N4O3. The average molecular weight is 514 g/mol. The molecule has 0 saturated heterocycles. The van der Waals surface area contributed by atoms with Crippen LogP contribution >= 0.6 is 0 Å². The number of benzene rings is 2. The highest BCUT2D eigenvalue weighted by atomic mass is 19.4. The van der Waals surface area contributed by atoms with Crippen molar-refractivity contribution in [3.8, 4) is 0 Å². The van der Waals surface area contributed by atoms with Crippen molar-refractivity contribution in [2.75, 3.05) is 11.5 Å². The number of rotatable bonds is 6. The molecule has 2 aromatic carbocycles. The molecule has 36 heavy (non-hydrogen) atoms. The smallest absolute Gasteiger partial charge is 0.393 e. The number of fused-ring (bicyclic) bond motifs is 1. The molecule has 7 nitrogen and oxygen atoms in total. The monoisotopic (exact) mass is 514 g/mol. The molecule has 1 unspecified atom stereocenters. The van der Waals surface area contributed by atoms with Gasteiger partial charge in [-0.15, -0.1) is 10.2 Å². The Bertz CT molecular complexity index is 1320. The first kappa shape index (κ1) is 25.6. The summed E-state index contributed by atoms with van der Waals surface area (Å²) < 4.78 is 87.9. The van der Waals surface area contributed by atoms with Crippen molar-refractivity contribution >= 4 is 11.6 Å². The molecule has 0 saturated carbocycles. The minimum atomic E-state index is -4.89. The Balaban J connectivity index is 1.76. The number of alkyl halides is 6. The number of aryl methyl sites for hydroxylation is 1. The molecule has 1 aliphatic heterocycles. The van der Waals surface area contributed by atoms with Gasteiger partial charge in [-0.05, 0) is 47.9 Å². The zero-order chi connectivity index (χ0) is 26.6. The van der Waals surface area contributed by atoms with E-state index in [4.69, 9.17) is 5.11 Å². The summed E-state index contributed by atoms with van der Waals surface area (Å²) in [5.41, 5.74) is -6.22. The van der Waals surface area contributed by atoms with Crippen LogP contribution < -0.4 is 4.90 Å². The zero-order valence-corrected chi connectivity index (χ0v) is 18.9. The van der Waals surface area contributed by atoms with Crippen LogP contribution in [0.15, 0.2) is 42.7 Å². The predicted octanol–water partition coefficient (Wildman–Crippen LogP) is 4.00. The van der Waals surface area contributed by atoms with Gasteiger partial charge in [-0.2, -0.15) is 22.0 Å². The van der Waals surface area contributed by atoms with E-state index in [1.54, 1.807) is 0 Å². The lowest BCUT2D eigenvalue weighted by molar-refractivity contribution is -0.149. The normalized spacial score (nSPS) is 16.7. The molecule has 0 radical (unpaired) electrons. The lowest BCUT2D eigenvalue weighted by atomic mass is 9.90. The van der Waals surface area contributed by atoms with Gasteiger partial charge in [0.2, 0.25) is 11.5 Å². The van der Waals surface area contributed by atoms with Crippen molar-refractivity contribution in [1.82, 2.24) is 14.8 Å². The van der Waals surface area contributed by atoms with Crippen molar-refractivity contribution in [1.29, 1.82) is 0 Å². The second kappa shape index (κ2) is 8.59. The van der Waals surface area contributed by atoms with E-state index in [9.17, 15) is 23.1 Å². The molecule has 192 valence electrons. The van der Waals surface area contributed by atoms with Gasteiger partial charge in [-0.1, -0.05) is 12.1 Å². The van der Waals surface area contributed by atoms with Crippen molar-refractivity contribution in [2.24, 2.45) is 7.05 Å². The fourth-order valence-electron chi connectivity index (χ4n) is 4.11. The van der Waals surface area contributed by atoms with Crippen LogP contribution in [-0.4, -0.2) is 37.5 Å². The van der Waals surface area contributed by atoms with Crippen LogP contribution in [0, 0.1) is 0 Å². The number of hydrogen-bond donors (Lipinski definition) is 2. The maximum Gasteiger partial charge on any atom is 0.416 e. The van der Waals surface area contributed by atoms with E-state index in [1.807, 2.05) is 0 Å². The Morgan fingerprint density at radius 3 is 2.39 bits per heavy atom. The van der Waals surface area contributed by atoms with Crippen LogP contribution in [0.3, 0.4) is 0 Å². The van der Waals surface area contributed by atoms with Gasteiger partial charge in [0.05, 0.1) is 18.7 Å². The Morgan fingerprint density at radius 1 is 1.11 bits per heavy atom. The van der Waals surface area contributed by atoms with Gasteiger partial charge >= 0.3 is 12.1 Å². The number of hydrogen-bond acceptors (Lipinski definition) is 5. The van der Waals surface area contributed by atoms with Crippen molar-refractivity contribution < 1.29 is 41.4 Å². The number of anilines is 1. The molecule has 4 rings (SSSR count). The van der Waals surface area contributed by atoms with Crippen LogP contribution in [0.4, 0.5) is 32.0 Å². The minimum Gasteiger partial charge on any atom is -0.393 e. The Kier molecular flexibility index (Phi) is 6.12. The lowest BCUT2D eigenvalue weighted by Crippen LogP contribution is -2.39. The molecule has 0 bridgehead atoms. The molecule has 0 fully saturated rings. The molecule has 2 heterocycles. The Labute approximate surface area is 200 Å². The third-order valence-corrected chi connectivity index (χ3v) is 6.21. The van der Waals surface area contributed by atoms with E-state index in [1.165, 1.54) is 19.2 Å². The molecule has 0 aliphatic carbocycles. The summed E-state index contributed by atoms with van der Waals surface area (Å²) in [4.78, 5) is 14.0. The van der Waals surface area contributed by atoms with Gasteiger partial charge in [0.1, 0.15) is 12.4 Å². The van der Waals surface area contributed by atoms with Gasteiger partial charge in [0.25, 0.3) is 5.91 Å². The fourth-order valence-corrected chi connectivity index (χ4v) is 4.11. The summed E-state index contributed by atoms with van der Waals surface area (Å²) in [6, 6.07) is 6.20.